The SMILES string of the molecule is CC(=O)N[C@@H]([C@H]1CCCCC1=O)C(Cl)(Cl)Cl. The minimum Gasteiger partial charge on any atom is -0.349 e. The van der Waals surface area contributed by atoms with Gasteiger partial charge in [-0.05, 0) is 12.8 Å². The number of amides is 1. The summed E-state index contributed by atoms with van der Waals surface area (Å²) in [4.78, 5) is 22.8. The lowest BCUT2D eigenvalue weighted by atomic mass is 9.83. The van der Waals surface area contributed by atoms with Crippen molar-refractivity contribution in [2.75, 3.05) is 0 Å². The number of halogens is 3. The molecular weight excluding hydrogens is 272 g/mol. The van der Waals surface area contributed by atoms with E-state index in [2.05, 4.69) is 5.32 Å². The lowest BCUT2D eigenvalue weighted by Gasteiger charge is -2.33. The number of hydrogen-bond donors (Lipinski definition) is 1. The first-order valence-corrected chi connectivity index (χ1v) is 6.32. The molecule has 0 aromatic heterocycles. The molecule has 0 radical (unpaired) electrons. The van der Waals surface area contributed by atoms with Gasteiger partial charge < -0.3 is 5.32 Å². The molecular formula is C10H14Cl3NO2. The maximum absolute atomic E-state index is 11.7. The molecule has 1 aliphatic rings. The largest absolute Gasteiger partial charge is 0.349 e. The van der Waals surface area contributed by atoms with Crippen LogP contribution in [0.15, 0.2) is 0 Å². The Morgan fingerprint density at radius 2 is 2.06 bits per heavy atom. The minimum atomic E-state index is -1.65. The van der Waals surface area contributed by atoms with Crippen molar-refractivity contribution in [1.82, 2.24) is 5.32 Å². The van der Waals surface area contributed by atoms with E-state index in [9.17, 15) is 9.59 Å². The molecule has 0 aromatic rings. The van der Waals surface area contributed by atoms with E-state index in [1.807, 2.05) is 0 Å². The van der Waals surface area contributed by atoms with Crippen LogP contribution in [0.3, 0.4) is 0 Å². The molecule has 3 nitrogen and oxygen atoms in total. The average molecular weight is 287 g/mol. The minimum absolute atomic E-state index is 0.0660. The zero-order valence-electron chi connectivity index (χ0n) is 8.93. The van der Waals surface area contributed by atoms with Crippen LogP contribution >= 0.6 is 34.8 Å². The highest BCUT2D eigenvalue weighted by molar-refractivity contribution is 6.68. The fourth-order valence-electron chi connectivity index (χ4n) is 1.99. The Kier molecular flexibility index (Phi) is 4.89. The Morgan fingerprint density at radius 3 is 2.50 bits per heavy atom. The number of Topliss-reactive ketones (excluding diaryl/α,β-unsaturated/α-hetero) is 1. The number of carbonyl (C=O) groups is 2. The summed E-state index contributed by atoms with van der Waals surface area (Å²) in [6.07, 6.45) is 2.97. The molecule has 0 aromatic carbocycles. The van der Waals surface area contributed by atoms with Crippen LogP contribution < -0.4 is 5.32 Å². The molecule has 0 bridgehead atoms. The van der Waals surface area contributed by atoms with E-state index < -0.39 is 9.83 Å². The van der Waals surface area contributed by atoms with Gasteiger partial charge in [0, 0.05) is 19.3 Å². The molecule has 6 heteroatoms. The maximum atomic E-state index is 11.7. The second-order valence-corrected chi connectivity index (χ2v) is 6.41. The molecule has 1 N–H and O–H groups in total. The van der Waals surface area contributed by atoms with Gasteiger partial charge in [-0.15, -0.1) is 0 Å². The summed E-state index contributed by atoms with van der Waals surface area (Å²) in [5, 5.41) is 2.56. The van der Waals surface area contributed by atoms with Crippen LogP contribution in [0, 0.1) is 5.92 Å². The van der Waals surface area contributed by atoms with E-state index in [1.165, 1.54) is 6.92 Å². The highest BCUT2D eigenvalue weighted by Gasteiger charge is 2.42. The summed E-state index contributed by atoms with van der Waals surface area (Å²) in [5.41, 5.74) is 0. The van der Waals surface area contributed by atoms with E-state index in [1.54, 1.807) is 0 Å². The number of nitrogens with one attached hydrogen (secondary N) is 1. The van der Waals surface area contributed by atoms with Gasteiger partial charge in [-0.2, -0.15) is 0 Å². The van der Waals surface area contributed by atoms with Crippen molar-refractivity contribution in [1.29, 1.82) is 0 Å². The molecule has 92 valence electrons. The van der Waals surface area contributed by atoms with Gasteiger partial charge in [0.15, 0.2) is 0 Å². The highest BCUT2D eigenvalue weighted by Crippen LogP contribution is 2.38. The molecule has 1 rings (SSSR count). The first kappa shape index (κ1) is 14.1. The summed E-state index contributed by atoms with van der Waals surface area (Å²) in [6, 6.07) is -0.734. The summed E-state index contributed by atoms with van der Waals surface area (Å²) in [6.45, 7) is 1.34. The van der Waals surface area contributed by atoms with Crippen molar-refractivity contribution in [3.63, 3.8) is 0 Å². The van der Waals surface area contributed by atoms with Gasteiger partial charge >= 0.3 is 0 Å². The van der Waals surface area contributed by atoms with Crippen LogP contribution in [0.25, 0.3) is 0 Å². The highest BCUT2D eigenvalue weighted by atomic mass is 35.6. The van der Waals surface area contributed by atoms with Gasteiger partial charge in [0.25, 0.3) is 0 Å². The Bertz CT molecular complexity index is 288. The zero-order valence-corrected chi connectivity index (χ0v) is 11.2. The van der Waals surface area contributed by atoms with E-state index in [-0.39, 0.29) is 17.6 Å². The van der Waals surface area contributed by atoms with Gasteiger partial charge in [-0.1, -0.05) is 41.2 Å². The van der Waals surface area contributed by atoms with Crippen molar-refractivity contribution in [2.45, 2.75) is 42.4 Å². The molecule has 0 aliphatic heterocycles. The molecule has 1 fully saturated rings. The van der Waals surface area contributed by atoms with Crippen LogP contribution in [0.2, 0.25) is 0 Å². The van der Waals surface area contributed by atoms with E-state index in [0.29, 0.717) is 12.8 Å². The topological polar surface area (TPSA) is 46.2 Å². The number of hydrogen-bond acceptors (Lipinski definition) is 2. The van der Waals surface area contributed by atoms with Crippen molar-refractivity contribution in [3.05, 3.63) is 0 Å². The molecule has 16 heavy (non-hydrogen) atoms. The predicted octanol–water partition coefficient (Wildman–Crippen LogP) is 2.62. The molecule has 0 saturated heterocycles. The van der Waals surface area contributed by atoms with Gasteiger partial charge in [0.05, 0.1) is 6.04 Å². The second kappa shape index (κ2) is 5.56. The third-order valence-corrected chi connectivity index (χ3v) is 3.42. The number of rotatable bonds is 2. The lowest BCUT2D eigenvalue weighted by molar-refractivity contribution is -0.126. The Balaban J connectivity index is 2.82. The Morgan fingerprint density at radius 1 is 1.44 bits per heavy atom. The molecule has 2 atom stereocenters. The third-order valence-electron chi connectivity index (χ3n) is 2.72. The fourth-order valence-corrected chi connectivity index (χ4v) is 2.61. The third kappa shape index (κ3) is 3.79. The Labute approximate surface area is 110 Å². The normalized spacial score (nSPS) is 24.0. The molecule has 0 unspecified atom stereocenters. The van der Waals surface area contributed by atoms with Crippen LogP contribution in [0.1, 0.15) is 32.6 Å². The lowest BCUT2D eigenvalue weighted by Crippen LogP contribution is -2.51. The van der Waals surface area contributed by atoms with E-state index in [0.717, 1.165) is 12.8 Å². The number of alkyl halides is 3. The Hall–Kier alpha value is 0.01000. The standard InChI is InChI=1S/C10H14Cl3NO2/c1-6(15)14-9(10(11,12)13)7-4-2-3-5-8(7)16/h7,9H,2-5H2,1H3,(H,14,15)/t7-,9-/m0/s1. The van der Waals surface area contributed by atoms with Crippen molar-refractivity contribution in [3.8, 4) is 0 Å². The van der Waals surface area contributed by atoms with Crippen molar-refractivity contribution in [2.24, 2.45) is 5.92 Å². The summed E-state index contributed by atoms with van der Waals surface area (Å²) < 4.78 is -1.65. The molecule has 0 spiro atoms. The van der Waals surface area contributed by atoms with Gasteiger partial charge in [-0.25, -0.2) is 0 Å². The van der Waals surface area contributed by atoms with E-state index >= 15 is 0 Å². The van der Waals surface area contributed by atoms with Crippen molar-refractivity contribution < 1.29 is 9.59 Å². The van der Waals surface area contributed by atoms with Crippen molar-refractivity contribution >= 4 is 46.5 Å². The molecule has 1 aliphatic carbocycles. The van der Waals surface area contributed by atoms with Crippen LogP contribution in [-0.4, -0.2) is 21.5 Å². The summed E-state index contributed by atoms with van der Waals surface area (Å²) in [5.74, 6) is -0.615. The van der Waals surface area contributed by atoms with Gasteiger partial charge in [0.2, 0.25) is 9.70 Å². The molecule has 1 saturated carbocycles. The number of carbonyl (C=O) groups excluding carboxylic acids is 2. The smallest absolute Gasteiger partial charge is 0.217 e. The predicted molar refractivity (Wildman–Crippen MR) is 64.9 cm³/mol. The summed E-state index contributed by atoms with van der Waals surface area (Å²) >= 11 is 17.4. The quantitative estimate of drug-likeness (QED) is 0.793. The summed E-state index contributed by atoms with van der Waals surface area (Å²) in [7, 11) is 0. The van der Waals surface area contributed by atoms with Crippen LogP contribution in [-0.2, 0) is 9.59 Å². The fraction of sp³-hybridized carbons (Fsp3) is 0.800. The zero-order chi connectivity index (χ0) is 12.3. The first-order valence-electron chi connectivity index (χ1n) is 5.19. The monoisotopic (exact) mass is 285 g/mol. The van der Waals surface area contributed by atoms with Crippen LogP contribution in [0.4, 0.5) is 0 Å². The van der Waals surface area contributed by atoms with Crippen LogP contribution in [0.5, 0.6) is 0 Å². The maximum Gasteiger partial charge on any atom is 0.217 e. The molecule has 1 amide bonds. The molecule has 0 heterocycles. The first-order chi connectivity index (χ1) is 7.32. The second-order valence-electron chi connectivity index (χ2n) is 4.04. The van der Waals surface area contributed by atoms with Gasteiger partial charge in [0.1, 0.15) is 5.78 Å². The average Bonchev–Trinajstić information content (AvgIpc) is 2.13. The number of ketones is 1. The van der Waals surface area contributed by atoms with Gasteiger partial charge in [-0.3, -0.25) is 9.59 Å². The van der Waals surface area contributed by atoms with E-state index in [4.69, 9.17) is 34.8 Å².